The van der Waals surface area contributed by atoms with Gasteiger partial charge in [0.15, 0.2) is 5.65 Å². The van der Waals surface area contributed by atoms with E-state index in [1.165, 1.54) is 12.8 Å². The standard InChI is InChI=1S/C39H47FN6O4/c1-22-42-33-11-10-32(24-12-13-41-34(18-24)44-36(47)49-38(2,3)4)43-35(33)46(22)28-8-9-29(31(40)19-28)25-14-23(15-25)20-45(37(48)50-39(5,6)7)21-27-16-26-17-30(26)27/h8-13,18-19,23,25-27,30H,14-17,20-21H2,1-7H3,(H,41,44,47). The second kappa shape index (κ2) is 12.7. The minimum atomic E-state index is -0.636. The number of imidazole rings is 1. The summed E-state index contributed by atoms with van der Waals surface area (Å²) in [5.41, 5.74) is 2.85. The lowest BCUT2D eigenvalue weighted by Crippen LogP contribution is -2.45. The van der Waals surface area contributed by atoms with Crippen molar-refractivity contribution in [2.75, 3.05) is 18.4 Å². The molecule has 10 nitrogen and oxygen atoms in total. The average Bonchev–Trinajstić information content (AvgIpc) is 3.53. The van der Waals surface area contributed by atoms with E-state index >= 15 is 4.39 Å². The Morgan fingerprint density at radius 2 is 1.70 bits per heavy atom. The summed E-state index contributed by atoms with van der Waals surface area (Å²) in [4.78, 5) is 41.2. The number of amides is 2. The van der Waals surface area contributed by atoms with Crippen LogP contribution in [-0.4, -0.2) is 60.9 Å². The normalized spacial score (nSPS) is 22.6. The van der Waals surface area contributed by atoms with Gasteiger partial charge in [-0.2, -0.15) is 0 Å². The maximum Gasteiger partial charge on any atom is 0.413 e. The molecular formula is C39H47FN6O4. The van der Waals surface area contributed by atoms with Crippen LogP contribution in [-0.2, 0) is 9.47 Å². The zero-order chi connectivity index (χ0) is 35.5. The fourth-order valence-corrected chi connectivity index (χ4v) is 7.57. The van der Waals surface area contributed by atoms with E-state index in [0.29, 0.717) is 58.1 Å². The molecule has 11 heteroatoms. The van der Waals surface area contributed by atoms with Crippen LogP contribution in [0.4, 0.5) is 19.8 Å². The van der Waals surface area contributed by atoms with Crippen molar-refractivity contribution in [3.63, 3.8) is 0 Å². The minimum absolute atomic E-state index is 0.103. The number of aryl methyl sites for hydroxylation is 1. The highest BCUT2D eigenvalue weighted by molar-refractivity contribution is 5.85. The summed E-state index contributed by atoms with van der Waals surface area (Å²) in [6.45, 7) is 14.4. The molecule has 264 valence electrons. The molecule has 0 aliphatic heterocycles. The van der Waals surface area contributed by atoms with Crippen LogP contribution in [0.25, 0.3) is 28.1 Å². The van der Waals surface area contributed by atoms with Crippen molar-refractivity contribution >= 4 is 29.2 Å². The maximum absolute atomic E-state index is 15.8. The summed E-state index contributed by atoms with van der Waals surface area (Å²) < 4.78 is 28.8. The van der Waals surface area contributed by atoms with Crippen LogP contribution in [0.3, 0.4) is 0 Å². The van der Waals surface area contributed by atoms with Crippen LogP contribution < -0.4 is 5.32 Å². The van der Waals surface area contributed by atoms with Gasteiger partial charge in [0.05, 0.1) is 11.4 Å². The van der Waals surface area contributed by atoms with E-state index in [-0.39, 0.29) is 17.8 Å². The Labute approximate surface area is 292 Å². The van der Waals surface area contributed by atoms with Gasteiger partial charge in [0, 0.05) is 24.8 Å². The highest BCUT2D eigenvalue weighted by Gasteiger charge is 2.54. The van der Waals surface area contributed by atoms with Crippen LogP contribution >= 0.6 is 0 Å². The van der Waals surface area contributed by atoms with E-state index in [2.05, 4.69) is 10.3 Å². The number of benzene rings is 1. The zero-order valence-electron chi connectivity index (χ0n) is 30.0. The van der Waals surface area contributed by atoms with Crippen molar-refractivity contribution in [3.05, 3.63) is 65.9 Å². The molecular weight excluding hydrogens is 635 g/mol. The molecule has 3 aliphatic carbocycles. The molecule has 0 radical (unpaired) electrons. The van der Waals surface area contributed by atoms with E-state index in [1.54, 1.807) is 39.1 Å². The topological polar surface area (TPSA) is 111 Å². The van der Waals surface area contributed by atoms with Crippen molar-refractivity contribution in [2.45, 2.75) is 91.3 Å². The molecule has 0 spiro atoms. The maximum atomic E-state index is 15.8. The number of nitrogens with one attached hydrogen (secondary N) is 1. The molecule has 0 saturated heterocycles. The Kier molecular flexibility index (Phi) is 8.59. The SMILES string of the molecule is Cc1nc2ccc(-c3ccnc(NC(=O)OC(C)(C)C)c3)nc2n1-c1ccc(C2CC(CN(CC3CC4CC43)C(=O)OC(C)(C)C)C2)c(F)c1. The average molecular weight is 683 g/mol. The van der Waals surface area contributed by atoms with Gasteiger partial charge in [0.1, 0.15) is 34.2 Å². The monoisotopic (exact) mass is 682 g/mol. The summed E-state index contributed by atoms with van der Waals surface area (Å²) in [6.07, 6.45) is 4.96. The van der Waals surface area contributed by atoms with Gasteiger partial charge in [-0.05, 0) is 146 Å². The number of aromatic nitrogens is 4. The first-order valence-electron chi connectivity index (χ1n) is 17.7. The number of nitrogens with zero attached hydrogens (tertiary/aromatic N) is 5. The third kappa shape index (κ3) is 7.32. The largest absolute Gasteiger partial charge is 0.444 e. The number of carbonyl (C=O) groups excluding carboxylic acids is 2. The highest BCUT2D eigenvalue weighted by atomic mass is 19.1. The number of anilines is 1. The molecule has 50 heavy (non-hydrogen) atoms. The summed E-state index contributed by atoms with van der Waals surface area (Å²) >= 11 is 0. The predicted molar refractivity (Wildman–Crippen MR) is 190 cm³/mol. The van der Waals surface area contributed by atoms with Crippen LogP contribution in [0.2, 0.25) is 0 Å². The third-order valence-electron chi connectivity index (χ3n) is 10.0. The number of hydrogen-bond acceptors (Lipinski definition) is 7. The van der Waals surface area contributed by atoms with Gasteiger partial charge < -0.3 is 14.4 Å². The van der Waals surface area contributed by atoms with E-state index in [1.807, 2.05) is 67.5 Å². The number of pyridine rings is 2. The molecule has 3 saturated carbocycles. The van der Waals surface area contributed by atoms with Gasteiger partial charge in [-0.15, -0.1) is 0 Å². The molecule has 1 aromatic carbocycles. The molecule has 4 aromatic rings. The van der Waals surface area contributed by atoms with Crippen molar-refractivity contribution < 1.29 is 23.5 Å². The highest BCUT2D eigenvalue weighted by Crippen LogP contribution is 2.60. The Morgan fingerprint density at radius 1 is 0.940 bits per heavy atom. The number of rotatable bonds is 8. The van der Waals surface area contributed by atoms with Crippen molar-refractivity contribution in [2.24, 2.45) is 23.7 Å². The molecule has 3 unspecified atom stereocenters. The number of carbonyl (C=O) groups is 2. The van der Waals surface area contributed by atoms with Gasteiger partial charge in [-0.3, -0.25) is 9.88 Å². The zero-order valence-corrected chi connectivity index (χ0v) is 30.0. The lowest BCUT2D eigenvalue weighted by Gasteiger charge is -2.41. The Bertz CT molecular complexity index is 1940. The Morgan fingerprint density at radius 3 is 2.36 bits per heavy atom. The Hall–Kier alpha value is -4.54. The first-order valence-corrected chi connectivity index (χ1v) is 17.7. The fourth-order valence-electron chi connectivity index (χ4n) is 7.57. The number of hydrogen-bond donors (Lipinski definition) is 1. The minimum Gasteiger partial charge on any atom is -0.444 e. The first kappa shape index (κ1) is 33.9. The van der Waals surface area contributed by atoms with Gasteiger partial charge in [0.25, 0.3) is 0 Å². The summed E-state index contributed by atoms with van der Waals surface area (Å²) in [7, 11) is 0. The van der Waals surface area contributed by atoms with Gasteiger partial charge >= 0.3 is 12.2 Å². The first-order chi connectivity index (χ1) is 23.6. The van der Waals surface area contributed by atoms with E-state index in [9.17, 15) is 9.59 Å². The van der Waals surface area contributed by atoms with Crippen molar-refractivity contribution in [3.8, 4) is 16.9 Å². The van der Waals surface area contributed by atoms with Gasteiger partial charge in [-0.1, -0.05) is 6.07 Å². The van der Waals surface area contributed by atoms with Crippen LogP contribution in [0.15, 0.2) is 48.7 Å². The lowest BCUT2D eigenvalue weighted by molar-refractivity contribution is 0.0106. The molecule has 2 amide bonds. The van der Waals surface area contributed by atoms with Crippen LogP contribution in [0, 0.1) is 36.4 Å². The van der Waals surface area contributed by atoms with Crippen molar-refractivity contribution in [1.82, 2.24) is 24.4 Å². The molecule has 3 atom stereocenters. The second-order valence-corrected chi connectivity index (χ2v) is 16.4. The predicted octanol–water partition coefficient (Wildman–Crippen LogP) is 8.66. The Balaban J connectivity index is 1.05. The molecule has 3 aliphatic rings. The molecule has 3 aromatic heterocycles. The lowest BCUT2D eigenvalue weighted by atomic mass is 9.71. The number of halogens is 1. The fraction of sp³-hybridized carbons (Fsp3) is 0.513. The quantitative estimate of drug-likeness (QED) is 0.198. The number of fused-ring (bicyclic) bond motifs is 2. The molecule has 1 N–H and O–H groups in total. The summed E-state index contributed by atoms with van der Waals surface area (Å²) in [6, 6.07) is 12.7. The van der Waals surface area contributed by atoms with Crippen molar-refractivity contribution in [1.29, 1.82) is 0 Å². The van der Waals surface area contributed by atoms with Gasteiger partial charge in [-0.25, -0.2) is 28.9 Å². The summed E-state index contributed by atoms with van der Waals surface area (Å²) in [5, 5.41) is 2.67. The molecule has 7 rings (SSSR count). The van der Waals surface area contributed by atoms with E-state index < -0.39 is 17.3 Å². The smallest absolute Gasteiger partial charge is 0.413 e. The van der Waals surface area contributed by atoms with Gasteiger partial charge in [0.2, 0.25) is 0 Å². The molecule has 3 heterocycles. The third-order valence-corrected chi connectivity index (χ3v) is 10.0. The number of ether oxygens (including phenoxy) is 2. The van der Waals surface area contributed by atoms with Crippen LogP contribution in [0.1, 0.15) is 84.5 Å². The molecule has 3 fully saturated rings. The molecule has 0 bridgehead atoms. The second-order valence-electron chi connectivity index (χ2n) is 16.4. The van der Waals surface area contributed by atoms with E-state index in [4.69, 9.17) is 19.4 Å². The van der Waals surface area contributed by atoms with Crippen LogP contribution in [0.5, 0.6) is 0 Å². The summed E-state index contributed by atoms with van der Waals surface area (Å²) in [5.74, 6) is 3.45. The van der Waals surface area contributed by atoms with E-state index in [0.717, 1.165) is 36.8 Å².